The Kier molecular flexibility index (Phi) is 7.24. The summed E-state index contributed by atoms with van der Waals surface area (Å²) in [6.07, 6.45) is -2.21. The van der Waals surface area contributed by atoms with Crippen LogP contribution < -0.4 is 15.4 Å². The van der Waals surface area contributed by atoms with Gasteiger partial charge in [0.2, 0.25) is 5.95 Å². The molecule has 10 heteroatoms. The number of pyridine rings is 1. The van der Waals surface area contributed by atoms with Gasteiger partial charge in [-0.25, -0.2) is 4.98 Å². The van der Waals surface area contributed by atoms with E-state index in [1.807, 2.05) is 26.2 Å². The number of nitrogens with one attached hydrogen (secondary N) is 2. The monoisotopic (exact) mass is 432 g/mol. The molecule has 7 nitrogen and oxygen atoms in total. The summed E-state index contributed by atoms with van der Waals surface area (Å²) in [7, 11) is 3.99. The van der Waals surface area contributed by atoms with Crippen molar-refractivity contribution >= 4 is 17.5 Å². The molecule has 2 aromatic heterocycles. The molecular weight excluding hydrogens is 409 g/mol. The highest BCUT2D eigenvalue weighted by Gasteiger charge is 2.31. The van der Waals surface area contributed by atoms with Crippen LogP contribution >= 0.6 is 0 Å². The highest BCUT2D eigenvalue weighted by molar-refractivity contribution is 5.65. The van der Waals surface area contributed by atoms with Crippen molar-refractivity contribution in [1.29, 1.82) is 0 Å². The Morgan fingerprint density at radius 2 is 1.84 bits per heavy atom. The van der Waals surface area contributed by atoms with Gasteiger partial charge in [0.1, 0.15) is 11.6 Å². The van der Waals surface area contributed by atoms with E-state index in [9.17, 15) is 13.2 Å². The van der Waals surface area contributed by atoms with Gasteiger partial charge < -0.3 is 20.3 Å². The van der Waals surface area contributed by atoms with Gasteiger partial charge in [0.05, 0.1) is 11.4 Å². The van der Waals surface area contributed by atoms with Gasteiger partial charge in [0.15, 0.2) is 0 Å². The van der Waals surface area contributed by atoms with Gasteiger partial charge in [-0.2, -0.15) is 4.98 Å². The van der Waals surface area contributed by atoms with Crippen molar-refractivity contribution in [2.24, 2.45) is 0 Å². The first kappa shape index (κ1) is 22.3. The van der Waals surface area contributed by atoms with Crippen LogP contribution in [0.25, 0.3) is 11.4 Å². The zero-order chi connectivity index (χ0) is 22.3. The van der Waals surface area contributed by atoms with Crippen LogP contribution in [-0.2, 0) is 0 Å². The molecule has 164 valence electrons. The van der Waals surface area contributed by atoms with Crippen LogP contribution in [0.4, 0.5) is 30.6 Å². The van der Waals surface area contributed by atoms with Gasteiger partial charge in [0.25, 0.3) is 0 Å². The second-order valence-electron chi connectivity index (χ2n) is 6.96. The predicted octanol–water partition coefficient (Wildman–Crippen LogP) is 4.54. The average molecular weight is 432 g/mol. The van der Waals surface area contributed by atoms with Gasteiger partial charge in [-0.1, -0.05) is 12.1 Å². The maximum atomic E-state index is 12.5. The molecule has 3 aromatic rings. The number of hydrogen-bond donors (Lipinski definition) is 2. The van der Waals surface area contributed by atoms with Crippen LogP contribution in [0.15, 0.2) is 54.7 Å². The van der Waals surface area contributed by atoms with E-state index >= 15 is 0 Å². The lowest BCUT2D eigenvalue weighted by molar-refractivity contribution is -0.274. The van der Waals surface area contributed by atoms with Gasteiger partial charge >= 0.3 is 6.36 Å². The molecule has 1 aromatic carbocycles. The summed E-state index contributed by atoms with van der Waals surface area (Å²) in [5.74, 6) is 0.487. The number of nitrogens with zero attached hydrogens (tertiary/aromatic N) is 4. The number of ether oxygens (including phenoxy) is 1. The summed E-state index contributed by atoms with van der Waals surface area (Å²) in [6, 6.07) is 12.7. The normalized spacial score (nSPS) is 11.4. The Morgan fingerprint density at radius 1 is 1.00 bits per heavy atom. The zero-order valence-corrected chi connectivity index (χ0v) is 17.1. The maximum Gasteiger partial charge on any atom is 0.573 e. The number of rotatable bonds is 9. The molecule has 0 unspecified atom stereocenters. The summed E-state index contributed by atoms with van der Waals surface area (Å²) < 4.78 is 41.5. The third-order valence-electron chi connectivity index (χ3n) is 4.06. The van der Waals surface area contributed by atoms with E-state index in [1.54, 1.807) is 24.4 Å². The molecule has 3 rings (SSSR count). The van der Waals surface area contributed by atoms with Crippen molar-refractivity contribution < 1.29 is 17.9 Å². The fourth-order valence-corrected chi connectivity index (χ4v) is 2.75. The molecule has 0 aliphatic heterocycles. The number of hydrogen-bond acceptors (Lipinski definition) is 7. The fourth-order valence-electron chi connectivity index (χ4n) is 2.75. The molecule has 0 amide bonds. The molecule has 0 saturated carbocycles. The molecule has 0 fully saturated rings. The Bertz CT molecular complexity index is 982. The van der Waals surface area contributed by atoms with E-state index in [0.717, 1.165) is 13.0 Å². The lowest BCUT2D eigenvalue weighted by Crippen LogP contribution is -2.17. The summed E-state index contributed by atoms with van der Waals surface area (Å²) >= 11 is 0. The third kappa shape index (κ3) is 7.41. The van der Waals surface area contributed by atoms with Crippen molar-refractivity contribution in [3.63, 3.8) is 0 Å². The van der Waals surface area contributed by atoms with Crippen molar-refractivity contribution in [3.05, 3.63) is 54.7 Å². The number of halogens is 3. The maximum absolute atomic E-state index is 12.5. The van der Waals surface area contributed by atoms with Crippen molar-refractivity contribution in [1.82, 2.24) is 19.9 Å². The molecule has 0 aliphatic rings. The highest BCUT2D eigenvalue weighted by Crippen LogP contribution is 2.27. The van der Waals surface area contributed by atoms with Crippen LogP contribution in [-0.4, -0.2) is 53.4 Å². The number of alkyl halides is 3. The summed E-state index contributed by atoms with van der Waals surface area (Å²) in [5, 5.41) is 6.20. The summed E-state index contributed by atoms with van der Waals surface area (Å²) in [6.45, 7) is 1.57. The minimum atomic E-state index is -4.76. The van der Waals surface area contributed by atoms with Gasteiger partial charge in [-0.05, 0) is 51.3 Å². The van der Waals surface area contributed by atoms with Crippen LogP contribution in [0.3, 0.4) is 0 Å². The van der Waals surface area contributed by atoms with E-state index in [-0.39, 0.29) is 5.75 Å². The topological polar surface area (TPSA) is 75.2 Å². The SMILES string of the molecule is CN(C)CCCNc1nc(Nc2cccc(OC(F)(F)F)c2)cc(-c2ccccn2)n1. The standard InChI is InChI=1S/C21H23F3N6O/c1-30(2)12-6-11-26-20-28-18(17-9-3-4-10-25-17)14-19(29-20)27-15-7-5-8-16(13-15)31-21(22,23)24/h3-5,7-10,13-14H,6,11-12H2,1-2H3,(H2,26,27,28,29). The third-order valence-corrected chi connectivity index (χ3v) is 4.06. The van der Waals surface area contributed by atoms with E-state index in [2.05, 4.69) is 35.2 Å². The van der Waals surface area contributed by atoms with E-state index < -0.39 is 6.36 Å². The van der Waals surface area contributed by atoms with E-state index in [4.69, 9.17) is 0 Å². The molecule has 2 N–H and O–H groups in total. The highest BCUT2D eigenvalue weighted by atomic mass is 19.4. The smallest absolute Gasteiger partial charge is 0.406 e. The van der Waals surface area contributed by atoms with Gasteiger partial charge in [0, 0.05) is 30.6 Å². The quantitative estimate of drug-likeness (QED) is 0.481. The Hall–Kier alpha value is -3.40. The first-order valence-corrected chi connectivity index (χ1v) is 9.60. The van der Waals surface area contributed by atoms with Crippen molar-refractivity contribution in [2.45, 2.75) is 12.8 Å². The molecule has 0 aliphatic carbocycles. The molecular formula is C21H23F3N6O. The minimum absolute atomic E-state index is 0.321. The first-order valence-electron chi connectivity index (χ1n) is 9.60. The average Bonchev–Trinajstić information content (AvgIpc) is 2.71. The first-order chi connectivity index (χ1) is 14.8. The second kappa shape index (κ2) is 10.1. The van der Waals surface area contributed by atoms with Gasteiger partial charge in [-0.3, -0.25) is 4.98 Å². The molecule has 0 atom stereocenters. The molecule has 31 heavy (non-hydrogen) atoms. The van der Waals surface area contributed by atoms with Crippen LogP contribution in [0.5, 0.6) is 5.75 Å². The van der Waals surface area contributed by atoms with Crippen LogP contribution in [0, 0.1) is 0 Å². The fraction of sp³-hybridized carbons (Fsp3) is 0.286. The Morgan fingerprint density at radius 3 is 2.55 bits per heavy atom. The van der Waals surface area contributed by atoms with Gasteiger partial charge in [-0.15, -0.1) is 13.2 Å². The molecule has 0 bridgehead atoms. The second-order valence-corrected chi connectivity index (χ2v) is 6.96. The van der Waals surface area contributed by atoms with E-state index in [1.165, 1.54) is 18.2 Å². The predicted molar refractivity (Wildman–Crippen MR) is 113 cm³/mol. The number of benzene rings is 1. The molecule has 2 heterocycles. The van der Waals surface area contributed by atoms with Crippen molar-refractivity contribution in [3.8, 4) is 17.1 Å². The Balaban J connectivity index is 1.83. The summed E-state index contributed by atoms with van der Waals surface area (Å²) in [5.41, 5.74) is 1.63. The number of aromatic nitrogens is 3. The lowest BCUT2D eigenvalue weighted by atomic mass is 10.2. The van der Waals surface area contributed by atoms with Crippen LogP contribution in [0.1, 0.15) is 6.42 Å². The molecule has 0 saturated heterocycles. The minimum Gasteiger partial charge on any atom is -0.406 e. The number of anilines is 3. The molecule has 0 spiro atoms. The summed E-state index contributed by atoms with van der Waals surface area (Å²) in [4.78, 5) is 15.3. The molecule has 0 radical (unpaired) electrons. The zero-order valence-electron chi connectivity index (χ0n) is 17.1. The van der Waals surface area contributed by atoms with Crippen LogP contribution in [0.2, 0.25) is 0 Å². The lowest BCUT2D eigenvalue weighted by Gasteiger charge is -2.13. The largest absolute Gasteiger partial charge is 0.573 e. The Labute approximate surface area is 178 Å². The van der Waals surface area contributed by atoms with E-state index in [0.29, 0.717) is 35.4 Å². The van der Waals surface area contributed by atoms with Crippen molar-refractivity contribution in [2.75, 3.05) is 37.8 Å².